The smallest absolute Gasteiger partial charge is 0.298 e. The molecule has 0 heterocycles. The monoisotopic (exact) mass is 278 g/mol. The van der Waals surface area contributed by atoms with Gasteiger partial charge in [-0.05, 0) is 12.1 Å². The van der Waals surface area contributed by atoms with Gasteiger partial charge in [-0.1, -0.05) is 0 Å². The Labute approximate surface area is 90.9 Å². The van der Waals surface area contributed by atoms with Crippen molar-refractivity contribution in [3.63, 3.8) is 0 Å². The van der Waals surface area contributed by atoms with Crippen LogP contribution in [0.2, 0.25) is 0 Å². The van der Waals surface area contributed by atoms with Gasteiger partial charge in [0.25, 0.3) is 0 Å². The zero-order valence-corrected chi connectivity index (χ0v) is 8.80. The first-order valence-corrected chi connectivity index (χ1v) is 5.81. The van der Waals surface area contributed by atoms with Crippen molar-refractivity contribution in [2.24, 2.45) is 0 Å². The van der Waals surface area contributed by atoms with E-state index in [1.54, 1.807) is 24.3 Å². The van der Waals surface area contributed by atoms with Crippen LogP contribution in [0.5, 0.6) is 0 Å². The number of rotatable bonds is 1. The number of hydrogen-bond donors (Lipinski definition) is 0. The Bertz CT molecular complexity index is 434. The molecule has 0 radical (unpaired) electrons. The molecule has 0 amide bonds. The molecule has 0 N–H and O–H groups in total. The van der Waals surface area contributed by atoms with Crippen LogP contribution >= 0.6 is 7.81 Å². The SMILES string of the molecule is F[P-](F)(F)(F)(F)F.N#[N+]c1ccc(C=O)cc1. The molecule has 0 atom stereocenters. The Morgan fingerprint density at radius 3 is 1.59 bits per heavy atom. The molecule has 0 aliphatic heterocycles. The molecule has 96 valence electrons. The maximum absolute atomic E-state index is 10.7. The van der Waals surface area contributed by atoms with Crippen LogP contribution in [0.3, 0.4) is 0 Å². The van der Waals surface area contributed by atoms with Gasteiger partial charge in [-0.15, -0.1) is 0 Å². The van der Waals surface area contributed by atoms with E-state index in [1.807, 2.05) is 0 Å². The van der Waals surface area contributed by atoms with Gasteiger partial charge >= 0.3 is 38.7 Å². The minimum absolute atomic E-state index is 0.450. The van der Waals surface area contributed by atoms with Crippen LogP contribution in [0.1, 0.15) is 10.4 Å². The summed E-state index contributed by atoms with van der Waals surface area (Å²) in [4.78, 5) is 13.0. The van der Waals surface area contributed by atoms with Gasteiger partial charge in [-0.2, -0.15) is 0 Å². The van der Waals surface area contributed by atoms with Crippen molar-refractivity contribution < 1.29 is 30.0 Å². The fourth-order valence-electron chi connectivity index (χ4n) is 0.620. The number of diazo groups is 1. The van der Waals surface area contributed by atoms with Gasteiger partial charge in [-0.3, -0.25) is 4.79 Å². The van der Waals surface area contributed by atoms with Gasteiger partial charge in [0, 0.05) is 17.7 Å². The number of carbonyl (C=O) groups excluding carboxylic acids is 1. The number of hydrogen-bond acceptors (Lipinski definition) is 2. The largest absolute Gasteiger partial charge is 0.385 e. The molecule has 1 rings (SSSR count). The molecule has 1 aromatic rings. The molecular formula is C7H5F6N2OP. The van der Waals surface area contributed by atoms with Crippen LogP contribution in [-0.4, -0.2) is 6.29 Å². The number of aldehydes is 1. The quantitative estimate of drug-likeness (QED) is 0.300. The maximum Gasteiger partial charge on any atom is 0.385 e. The van der Waals surface area contributed by atoms with E-state index in [0.717, 1.165) is 6.29 Å². The minimum Gasteiger partial charge on any atom is -0.298 e. The summed E-state index contributed by atoms with van der Waals surface area (Å²) in [7, 11) is -10.7. The molecule has 0 spiro atoms. The molecule has 0 saturated carbocycles. The second-order valence-corrected chi connectivity index (χ2v) is 4.68. The molecule has 10 heteroatoms. The number of carbonyl (C=O) groups is 1. The Morgan fingerprint density at radius 2 is 1.35 bits per heavy atom. The third-order valence-corrected chi connectivity index (χ3v) is 1.14. The Morgan fingerprint density at radius 1 is 1.00 bits per heavy atom. The predicted octanol–water partition coefficient (Wildman–Crippen LogP) is 5.37. The first-order valence-electron chi connectivity index (χ1n) is 3.78. The molecule has 0 aliphatic rings. The second-order valence-electron chi connectivity index (χ2n) is 2.77. The van der Waals surface area contributed by atoms with Crippen molar-refractivity contribution >= 4 is 19.8 Å². The molecule has 0 aromatic heterocycles. The molecule has 17 heavy (non-hydrogen) atoms. The third kappa shape index (κ3) is 14.3. The third-order valence-electron chi connectivity index (χ3n) is 1.14. The summed E-state index contributed by atoms with van der Waals surface area (Å²) < 4.78 is 59.2. The summed E-state index contributed by atoms with van der Waals surface area (Å²) in [6.07, 6.45) is 0.737. The minimum atomic E-state index is -10.7. The van der Waals surface area contributed by atoms with Crippen molar-refractivity contribution in [1.82, 2.24) is 0 Å². The topological polar surface area (TPSA) is 45.2 Å². The van der Waals surface area contributed by atoms with Crippen molar-refractivity contribution in [3.05, 3.63) is 34.8 Å². The van der Waals surface area contributed by atoms with E-state index in [1.165, 1.54) is 0 Å². The number of halogens is 6. The number of benzene rings is 1. The Hall–Kier alpha value is -1.68. The standard InChI is InChI=1S/C7H5N2O.F6P/c8-9-7-3-1-6(5-10)2-4-7;1-7(2,3,4,5)6/h1-5H;/q+1;-1. The molecular weight excluding hydrogens is 273 g/mol. The van der Waals surface area contributed by atoms with E-state index in [9.17, 15) is 30.0 Å². The predicted molar refractivity (Wildman–Crippen MR) is 50.1 cm³/mol. The van der Waals surface area contributed by atoms with E-state index >= 15 is 0 Å². The molecule has 0 bridgehead atoms. The summed E-state index contributed by atoms with van der Waals surface area (Å²) in [5.74, 6) is 0. The maximum atomic E-state index is 10.1. The van der Waals surface area contributed by atoms with Crippen molar-refractivity contribution in [2.45, 2.75) is 0 Å². The van der Waals surface area contributed by atoms with Gasteiger partial charge in [0.05, 0.1) is 0 Å². The van der Waals surface area contributed by atoms with Crippen molar-refractivity contribution in [1.29, 1.82) is 5.39 Å². The second kappa shape index (κ2) is 3.96. The molecule has 0 unspecified atom stereocenters. The summed E-state index contributed by atoms with van der Waals surface area (Å²) in [6.45, 7) is 0. The average Bonchev–Trinajstić information content (AvgIpc) is 2.13. The van der Waals surface area contributed by atoms with E-state index in [2.05, 4.69) is 4.98 Å². The Balaban J connectivity index is 0.000000325. The van der Waals surface area contributed by atoms with Gasteiger partial charge in [0.2, 0.25) is 5.39 Å². The summed E-state index contributed by atoms with van der Waals surface area (Å²) in [6, 6.07) is 6.29. The zero-order valence-electron chi connectivity index (χ0n) is 7.90. The average molecular weight is 278 g/mol. The van der Waals surface area contributed by atoms with E-state index < -0.39 is 7.81 Å². The van der Waals surface area contributed by atoms with Crippen LogP contribution in [-0.2, 0) is 0 Å². The van der Waals surface area contributed by atoms with Gasteiger partial charge in [0.15, 0.2) is 4.98 Å². The van der Waals surface area contributed by atoms with E-state index in [-0.39, 0.29) is 0 Å². The van der Waals surface area contributed by atoms with E-state index in [0.29, 0.717) is 11.3 Å². The van der Waals surface area contributed by atoms with Gasteiger partial charge in [0.1, 0.15) is 6.29 Å². The van der Waals surface area contributed by atoms with Gasteiger partial charge in [-0.25, -0.2) is 0 Å². The van der Waals surface area contributed by atoms with Crippen LogP contribution in [0, 0.1) is 5.39 Å². The molecule has 0 aliphatic carbocycles. The fraction of sp³-hybridized carbons (Fsp3) is 0. The normalized spacial score (nSPS) is 14.4. The zero-order chi connectivity index (χ0) is 13.8. The van der Waals surface area contributed by atoms with E-state index in [4.69, 9.17) is 5.39 Å². The van der Waals surface area contributed by atoms with Crippen molar-refractivity contribution in [3.8, 4) is 0 Å². The van der Waals surface area contributed by atoms with Crippen LogP contribution in [0.4, 0.5) is 30.9 Å². The van der Waals surface area contributed by atoms with Gasteiger partial charge < -0.3 is 0 Å². The summed E-state index contributed by atoms with van der Waals surface area (Å²) in [5.41, 5.74) is 1.03. The Kier molecular flexibility index (Phi) is 3.57. The fourth-order valence-corrected chi connectivity index (χ4v) is 0.620. The summed E-state index contributed by atoms with van der Waals surface area (Å²) in [5, 5.41) is 8.24. The first-order chi connectivity index (χ1) is 7.31. The molecule has 0 fully saturated rings. The van der Waals surface area contributed by atoms with Crippen molar-refractivity contribution in [2.75, 3.05) is 0 Å². The summed E-state index contributed by atoms with van der Waals surface area (Å²) >= 11 is 0. The first kappa shape index (κ1) is 15.3. The van der Waals surface area contributed by atoms with Crippen LogP contribution in [0.25, 0.3) is 4.98 Å². The molecule has 1 aromatic carbocycles. The number of nitrogens with zero attached hydrogens (tertiary/aromatic N) is 2. The molecule has 3 nitrogen and oxygen atoms in total. The van der Waals surface area contributed by atoms with Crippen LogP contribution in [0.15, 0.2) is 24.3 Å². The molecule has 0 saturated heterocycles. The van der Waals surface area contributed by atoms with Crippen LogP contribution < -0.4 is 0 Å².